The standard InChI is InChI=1S/C10H12BrNO4S.Li/c1-2-3-6-17(15,16)7-4-5-8(11)12-9(7)10(13)14;/h4-5H,2-3,6H2,1H3,(H,13,14);/q;+1/p-1. The van der Waals surface area contributed by atoms with Crippen LogP contribution in [0, 0.1) is 0 Å². The Labute approximate surface area is 126 Å². The molecule has 0 aliphatic heterocycles. The molecule has 0 fully saturated rings. The van der Waals surface area contributed by atoms with E-state index in [1.807, 2.05) is 6.92 Å². The van der Waals surface area contributed by atoms with E-state index < -0.39 is 21.5 Å². The number of carbonyl (C=O) groups excluding carboxylic acids is 1. The number of sulfone groups is 1. The molecular formula is C10H11BrLiNO4S. The van der Waals surface area contributed by atoms with Crippen molar-refractivity contribution in [3.8, 4) is 0 Å². The van der Waals surface area contributed by atoms with Crippen molar-refractivity contribution in [2.75, 3.05) is 5.75 Å². The van der Waals surface area contributed by atoms with Crippen LogP contribution in [0.4, 0.5) is 0 Å². The molecule has 0 atom stereocenters. The summed E-state index contributed by atoms with van der Waals surface area (Å²) in [6, 6.07) is 2.62. The average molecular weight is 328 g/mol. The van der Waals surface area contributed by atoms with Crippen LogP contribution in [0.25, 0.3) is 0 Å². The Balaban J connectivity index is 0.00000289. The zero-order chi connectivity index (χ0) is 13.1. The second-order valence-electron chi connectivity index (χ2n) is 3.44. The van der Waals surface area contributed by atoms with E-state index in [2.05, 4.69) is 20.9 Å². The van der Waals surface area contributed by atoms with Gasteiger partial charge in [0.05, 0.1) is 16.6 Å². The Hall–Kier alpha value is -0.353. The number of pyridine rings is 1. The third kappa shape index (κ3) is 4.39. The minimum Gasteiger partial charge on any atom is -0.543 e. The Bertz CT molecular complexity index is 533. The quantitative estimate of drug-likeness (QED) is 0.452. The van der Waals surface area contributed by atoms with E-state index in [0.29, 0.717) is 12.8 Å². The topological polar surface area (TPSA) is 87.2 Å². The van der Waals surface area contributed by atoms with Gasteiger partial charge in [-0.15, -0.1) is 0 Å². The van der Waals surface area contributed by atoms with Gasteiger partial charge in [0.1, 0.15) is 10.3 Å². The smallest absolute Gasteiger partial charge is 0.543 e. The summed E-state index contributed by atoms with van der Waals surface area (Å²) in [7, 11) is -3.62. The molecule has 0 amide bonds. The van der Waals surface area contributed by atoms with E-state index in [-0.39, 0.29) is 34.1 Å². The first-order valence-electron chi connectivity index (χ1n) is 4.99. The zero-order valence-corrected chi connectivity index (χ0v) is 12.5. The molecule has 8 heteroatoms. The Kier molecular flexibility index (Phi) is 7.15. The molecule has 1 heterocycles. The number of carbonyl (C=O) groups is 1. The predicted molar refractivity (Wildman–Crippen MR) is 63.2 cm³/mol. The second kappa shape index (κ2) is 7.29. The molecule has 0 radical (unpaired) electrons. The van der Waals surface area contributed by atoms with Crippen LogP contribution in [-0.4, -0.2) is 25.1 Å². The number of unbranched alkanes of at least 4 members (excludes halogenated alkanes) is 1. The maximum absolute atomic E-state index is 11.9. The van der Waals surface area contributed by atoms with Crippen molar-refractivity contribution in [1.29, 1.82) is 0 Å². The van der Waals surface area contributed by atoms with Gasteiger partial charge in [-0.05, 0) is 34.5 Å². The van der Waals surface area contributed by atoms with Crippen LogP contribution in [0.2, 0.25) is 0 Å². The number of hydrogen-bond acceptors (Lipinski definition) is 5. The summed E-state index contributed by atoms with van der Waals surface area (Å²) in [6.45, 7) is 1.86. The van der Waals surface area contributed by atoms with Crippen LogP contribution >= 0.6 is 15.9 Å². The van der Waals surface area contributed by atoms with Crippen LogP contribution in [0.15, 0.2) is 21.6 Å². The molecule has 0 aromatic carbocycles. The number of carboxylic acids is 1. The summed E-state index contributed by atoms with van der Waals surface area (Å²) < 4.78 is 24.0. The van der Waals surface area contributed by atoms with Crippen LogP contribution in [0.5, 0.6) is 0 Å². The summed E-state index contributed by atoms with van der Waals surface area (Å²) in [6.07, 6.45) is 1.19. The van der Waals surface area contributed by atoms with E-state index in [9.17, 15) is 18.3 Å². The van der Waals surface area contributed by atoms with Gasteiger partial charge in [0.2, 0.25) is 0 Å². The van der Waals surface area contributed by atoms with Crippen molar-refractivity contribution in [3.63, 3.8) is 0 Å². The Morgan fingerprint density at radius 3 is 2.56 bits per heavy atom. The van der Waals surface area contributed by atoms with Gasteiger partial charge in [-0.3, -0.25) is 0 Å². The van der Waals surface area contributed by atoms with E-state index in [0.717, 1.165) is 0 Å². The molecule has 0 aliphatic carbocycles. The molecule has 1 rings (SSSR count). The predicted octanol–water partition coefficient (Wildman–Crippen LogP) is -2.21. The zero-order valence-electron chi connectivity index (χ0n) is 10.1. The Morgan fingerprint density at radius 2 is 2.06 bits per heavy atom. The molecule has 18 heavy (non-hydrogen) atoms. The van der Waals surface area contributed by atoms with Gasteiger partial charge in [0, 0.05) is 0 Å². The number of halogens is 1. The maximum atomic E-state index is 11.9. The third-order valence-corrected chi connectivity index (χ3v) is 4.39. The van der Waals surface area contributed by atoms with E-state index >= 15 is 0 Å². The Morgan fingerprint density at radius 1 is 1.44 bits per heavy atom. The van der Waals surface area contributed by atoms with Gasteiger partial charge in [-0.1, -0.05) is 13.3 Å². The van der Waals surface area contributed by atoms with Crippen LogP contribution in [0.1, 0.15) is 30.3 Å². The van der Waals surface area contributed by atoms with Crippen molar-refractivity contribution >= 4 is 31.7 Å². The normalized spacial score (nSPS) is 10.8. The van der Waals surface area contributed by atoms with Gasteiger partial charge in [0.15, 0.2) is 9.84 Å². The molecule has 1 aromatic rings. The summed E-state index contributed by atoms with van der Waals surface area (Å²) in [5, 5.41) is 10.8. The number of nitrogens with zero attached hydrogens (tertiary/aromatic N) is 1. The first-order chi connectivity index (χ1) is 7.88. The molecule has 0 bridgehead atoms. The fourth-order valence-corrected chi connectivity index (χ4v) is 3.16. The first-order valence-corrected chi connectivity index (χ1v) is 7.43. The summed E-state index contributed by atoms with van der Waals surface area (Å²) in [5.74, 6) is -1.69. The molecule has 0 saturated heterocycles. The molecule has 0 saturated carbocycles. The van der Waals surface area contributed by atoms with Crippen LogP contribution in [-0.2, 0) is 9.84 Å². The molecular weight excluding hydrogens is 317 g/mol. The van der Waals surface area contributed by atoms with Crippen LogP contribution in [0.3, 0.4) is 0 Å². The average Bonchev–Trinajstić information content (AvgIpc) is 2.26. The SMILES string of the molecule is CCCCS(=O)(=O)c1ccc(Br)nc1C(=O)[O-].[Li+]. The molecule has 0 N–H and O–H groups in total. The number of rotatable bonds is 5. The second-order valence-corrected chi connectivity index (χ2v) is 6.33. The van der Waals surface area contributed by atoms with Crippen LogP contribution < -0.4 is 24.0 Å². The van der Waals surface area contributed by atoms with Gasteiger partial charge in [-0.25, -0.2) is 13.4 Å². The van der Waals surface area contributed by atoms with Crippen molar-refractivity contribution < 1.29 is 37.2 Å². The molecule has 0 unspecified atom stereocenters. The minimum absolute atomic E-state index is 0. The van der Waals surface area contributed by atoms with Gasteiger partial charge < -0.3 is 9.90 Å². The number of aromatic carboxylic acids is 1. The number of carboxylic acid groups (broad SMARTS) is 1. The monoisotopic (exact) mass is 327 g/mol. The third-order valence-electron chi connectivity index (χ3n) is 2.12. The summed E-state index contributed by atoms with van der Waals surface area (Å²) in [5.41, 5.74) is -0.546. The molecule has 5 nitrogen and oxygen atoms in total. The van der Waals surface area contributed by atoms with E-state index in [1.54, 1.807) is 0 Å². The fourth-order valence-electron chi connectivity index (χ4n) is 1.26. The van der Waals surface area contributed by atoms with Crippen molar-refractivity contribution in [3.05, 3.63) is 22.4 Å². The first kappa shape index (κ1) is 17.6. The maximum Gasteiger partial charge on any atom is 1.00 e. The summed E-state index contributed by atoms with van der Waals surface area (Å²) >= 11 is 2.99. The molecule has 1 aromatic heterocycles. The van der Waals surface area contributed by atoms with Crippen molar-refractivity contribution in [2.24, 2.45) is 0 Å². The van der Waals surface area contributed by atoms with E-state index in [4.69, 9.17) is 0 Å². The number of hydrogen-bond donors (Lipinski definition) is 0. The van der Waals surface area contributed by atoms with E-state index in [1.165, 1.54) is 12.1 Å². The number of aromatic nitrogens is 1. The van der Waals surface area contributed by atoms with Crippen molar-refractivity contribution in [2.45, 2.75) is 24.7 Å². The van der Waals surface area contributed by atoms with Gasteiger partial charge in [0.25, 0.3) is 0 Å². The molecule has 0 spiro atoms. The largest absolute Gasteiger partial charge is 1.00 e. The minimum atomic E-state index is -3.62. The van der Waals surface area contributed by atoms with Gasteiger partial charge in [-0.2, -0.15) is 0 Å². The fraction of sp³-hybridized carbons (Fsp3) is 0.400. The summed E-state index contributed by atoms with van der Waals surface area (Å²) in [4.78, 5) is 14.2. The molecule has 94 valence electrons. The van der Waals surface area contributed by atoms with Gasteiger partial charge >= 0.3 is 18.9 Å². The molecule has 0 aliphatic rings. The van der Waals surface area contributed by atoms with Crippen molar-refractivity contribution in [1.82, 2.24) is 4.98 Å².